The van der Waals surface area contributed by atoms with Gasteiger partial charge in [-0.1, -0.05) is 30.3 Å². The van der Waals surface area contributed by atoms with E-state index in [1.54, 1.807) is 29.1 Å². The number of amides is 1. The van der Waals surface area contributed by atoms with Gasteiger partial charge in [0, 0.05) is 24.5 Å². The van der Waals surface area contributed by atoms with Gasteiger partial charge < -0.3 is 14.8 Å². The molecule has 0 unspecified atom stereocenters. The van der Waals surface area contributed by atoms with Crippen LogP contribution >= 0.6 is 0 Å². The molecule has 0 spiro atoms. The number of aryl methyl sites for hydroxylation is 1. The number of ether oxygens (including phenoxy) is 2. The summed E-state index contributed by atoms with van der Waals surface area (Å²) < 4.78 is 14.4. The van der Waals surface area contributed by atoms with Crippen LogP contribution in [0.1, 0.15) is 12.5 Å². The van der Waals surface area contributed by atoms with E-state index in [-0.39, 0.29) is 18.6 Å². The summed E-state index contributed by atoms with van der Waals surface area (Å²) in [6.07, 6.45) is 1.61. The molecule has 0 aliphatic rings. The van der Waals surface area contributed by atoms with Crippen molar-refractivity contribution in [2.45, 2.75) is 26.6 Å². The lowest BCUT2D eigenvalue weighted by molar-refractivity contribution is -0.116. The van der Waals surface area contributed by atoms with E-state index in [0.29, 0.717) is 29.2 Å². The highest BCUT2D eigenvalue weighted by Gasteiger charge is 2.19. The number of anilines is 1. The fraction of sp³-hybridized carbons (Fsp3) is 0.250. The van der Waals surface area contributed by atoms with Crippen molar-refractivity contribution < 1.29 is 14.3 Å². The molecule has 2 aromatic carbocycles. The van der Waals surface area contributed by atoms with E-state index in [2.05, 4.69) is 10.4 Å². The predicted octanol–water partition coefficient (Wildman–Crippen LogP) is 2.08. The molecule has 1 amide bonds. The molecule has 0 saturated carbocycles. The Kier molecular flexibility index (Phi) is 6.48. The molecule has 10 heteroatoms. The minimum Gasteiger partial charge on any atom is -0.493 e. The summed E-state index contributed by atoms with van der Waals surface area (Å²) in [5.41, 5.74) is 0.637. The van der Waals surface area contributed by atoms with Gasteiger partial charge in [0.05, 0.1) is 26.3 Å². The molecular formula is C24H25N5O5. The minimum atomic E-state index is -0.584. The minimum absolute atomic E-state index is 0.0741. The second-order valence-corrected chi connectivity index (χ2v) is 7.58. The fourth-order valence-corrected chi connectivity index (χ4v) is 3.70. The summed E-state index contributed by atoms with van der Waals surface area (Å²) in [5, 5.41) is 7.09. The fourth-order valence-electron chi connectivity index (χ4n) is 3.70. The van der Waals surface area contributed by atoms with Gasteiger partial charge in [-0.3, -0.25) is 23.4 Å². The largest absolute Gasteiger partial charge is 0.493 e. The number of hydrogen-bond donors (Lipinski definition) is 1. The van der Waals surface area contributed by atoms with Gasteiger partial charge in [0.2, 0.25) is 5.91 Å². The van der Waals surface area contributed by atoms with Crippen LogP contribution in [0.15, 0.2) is 64.3 Å². The molecule has 34 heavy (non-hydrogen) atoms. The van der Waals surface area contributed by atoms with Crippen LogP contribution in [-0.4, -0.2) is 39.0 Å². The Balaban J connectivity index is 1.72. The van der Waals surface area contributed by atoms with Gasteiger partial charge >= 0.3 is 5.69 Å². The second kappa shape index (κ2) is 9.65. The molecule has 2 aromatic heterocycles. The van der Waals surface area contributed by atoms with Gasteiger partial charge in [-0.2, -0.15) is 5.10 Å². The third-order valence-corrected chi connectivity index (χ3v) is 5.42. The van der Waals surface area contributed by atoms with Gasteiger partial charge in [-0.25, -0.2) is 4.79 Å². The van der Waals surface area contributed by atoms with Crippen molar-refractivity contribution in [2.24, 2.45) is 0 Å². The number of benzene rings is 2. The summed E-state index contributed by atoms with van der Waals surface area (Å²) in [4.78, 5) is 39.3. The van der Waals surface area contributed by atoms with Crippen molar-refractivity contribution in [2.75, 3.05) is 19.5 Å². The predicted molar refractivity (Wildman–Crippen MR) is 128 cm³/mol. The highest BCUT2D eigenvalue weighted by Crippen LogP contribution is 2.29. The number of rotatable bonds is 8. The molecule has 0 saturated heterocycles. The molecule has 0 aliphatic carbocycles. The first kappa shape index (κ1) is 22.8. The van der Waals surface area contributed by atoms with Gasteiger partial charge in [0.1, 0.15) is 6.54 Å². The average molecular weight is 463 g/mol. The van der Waals surface area contributed by atoms with Gasteiger partial charge in [-0.05, 0) is 24.6 Å². The Hall–Kier alpha value is -4.34. The first-order chi connectivity index (χ1) is 16.4. The first-order valence-electron chi connectivity index (χ1n) is 10.7. The maximum absolute atomic E-state index is 13.3. The monoisotopic (exact) mass is 463 g/mol. The second-order valence-electron chi connectivity index (χ2n) is 7.58. The van der Waals surface area contributed by atoms with Crippen LogP contribution in [-0.2, 0) is 24.4 Å². The average Bonchev–Trinajstić information content (AvgIpc) is 3.30. The maximum atomic E-state index is 13.3. The number of hydrogen-bond acceptors (Lipinski definition) is 6. The summed E-state index contributed by atoms with van der Waals surface area (Å²) in [5.74, 6) is 0.545. The van der Waals surface area contributed by atoms with Crippen LogP contribution in [0.5, 0.6) is 11.5 Å². The Labute approximate surface area is 195 Å². The Bertz CT molecular complexity index is 1450. The molecule has 0 atom stereocenters. The number of fused-ring (bicyclic) bond motifs is 1. The van der Waals surface area contributed by atoms with Crippen LogP contribution in [0.3, 0.4) is 0 Å². The molecular weight excluding hydrogens is 438 g/mol. The zero-order chi connectivity index (χ0) is 24.2. The molecule has 0 radical (unpaired) electrons. The van der Waals surface area contributed by atoms with Crippen LogP contribution in [0.2, 0.25) is 0 Å². The highest BCUT2D eigenvalue weighted by molar-refractivity contribution is 5.91. The van der Waals surface area contributed by atoms with Crippen LogP contribution in [0, 0.1) is 0 Å². The molecule has 176 valence electrons. The first-order valence-corrected chi connectivity index (χ1v) is 10.7. The number of carbonyl (C=O) groups excluding carboxylic acids is 1. The number of nitrogens with one attached hydrogen (secondary N) is 1. The normalized spacial score (nSPS) is 10.9. The zero-order valence-electron chi connectivity index (χ0n) is 19.1. The molecule has 1 N–H and O–H groups in total. The van der Waals surface area contributed by atoms with E-state index < -0.39 is 17.2 Å². The molecule has 10 nitrogen and oxygen atoms in total. The summed E-state index contributed by atoms with van der Waals surface area (Å²) in [6, 6.07) is 14.1. The lowest BCUT2D eigenvalue weighted by Gasteiger charge is -2.13. The summed E-state index contributed by atoms with van der Waals surface area (Å²) in [6.45, 7) is 2.16. The van der Waals surface area contributed by atoms with Crippen LogP contribution in [0.25, 0.3) is 11.0 Å². The van der Waals surface area contributed by atoms with Crippen molar-refractivity contribution >= 4 is 22.6 Å². The van der Waals surface area contributed by atoms with Crippen LogP contribution < -0.4 is 26.0 Å². The van der Waals surface area contributed by atoms with Crippen LogP contribution in [0.4, 0.5) is 5.69 Å². The van der Waals surface area contributed by atoms with E-state index in [1.165, 1.54) is 18.8 Å². The lowest BCUT2D eigenvalue weighted by Crippen LogP contribution is -2.41. The van der Waals surface area contributed by atoms with Gasteiger partial charge in [-0.15, -0.1) is 0 Å². The third-order valence-electron chi connectivity index (χ3n) is 5.42. The number of nitrogens with zero attached hydrogens (tertiary/aromatic N) is 4. The number of carbonyl (C=O) groups is 1. The molecule has 2 heterocycles. The molecule has 4 rings (SSSR count). The molecule has 0 fully saturated rings. The number of methoxy groups -OCH3 is 2. The van der Waals surface area contributed by atoms with Crippen molar-refractivity contribution in [3.05, 3.63) is 81.1 Å². The Morgan fingerprint density at radius 3 is 2.41 bits per heavy atom. The van der Waals surface area contributed by atoms with E-state index >= 15 is 0 Å². The van der Waals surface area contributed by atoms with E-state index in [1.807, 2.05) is 37.3 Å². The van der Waals surface area contributed by atoms with Crippen molar-refractivity contribution in [1.82, 2.24) is 18.9 Å². The SMILES string of the molecule is CCn1cc2c(n1)c(=O)n(Cc1ccccc1)c(=O)n2CC(=O)Nc1ccc(OC)c(OC)c1. The zero-order valence-corrected chi connectivity index (χ0v) is 19.1. The van der Waals surface area contributed by atoms with Gasteiger partial charge in [0.15, 0.2) is 17.0 Å². The lowest BCUT2D eigenvalue weighted by atomic mass is 10.2. The topological polar surface area (TPSA) is 109 Å². The Morgan fingerprint density at radius 2 is 1.74 bits per heavy atom. The summed E-state index contributed by atoms with van der Waals surface area (Å²) >= 11 is 0. The smallest absolute Gasteiger partial charge is 0.332 e. The van der Waals surface area contributed by atoms with Crippen molar-refractivity contribution in [1.29, 1.82) is 0 Å². The van der Waals surface area contributed by atoms with Crippen molar-refractivity contribution in [3.63, 3.8) is 0 Å². The van der Waals surface area contributed by atoms with E-state index in [0.717, 1.165) is 10.1 Å². The molecule has 0 bridgehead atoms. The third kappa shape index (κ3) is 4.42. The molecule has 4 aromatic rings. The quantitative estimate of drug-likeness (QED) is 0.429. The van der Waals surface area contributed by atoms with E-state index in [9.17, 15) is 14.4 Å². The standard InChI is InChI=1S/C24H25N5O5/c1-4-27-14-18-22(26-27)23(31)29(13-16-8-6-5-7-9-16)24(32)28(18)15-21(30)25-17-10-11-19(33-2)20(12-17)34-3/h5-12,14H,4,13,15H2,1-3H3,(H,25,30). The maximum Gasteiger partial charge on any atom is 0.332 e. The summed E-state index contributed by atoms with van der Waals surface area (Å²) in [7, 11) is 3.02. The van der Waals surface area contributed by atoms with Gasteiger partial charge in [0.25, 0.3) is 5.56 Å². The van der Waals surface area contributed by atoms with Crippen molar-refractivity contribution in [3.8, 4) is 11.5 Å². The van der Waals surface area contributed by atoms with E-state index in [4.69, 9.17) is 9.47 Å². The highest BCUT2D eigenvalue weighted by atomic mass is 16.5. The number of aromatic nitrogens is 4. The molecule has 0 aliphatic heterocycles. The Morgan fingerprint density at radius 1 is 1.00 bits per heavy atom.